The van der Waals surface area contributed by atoms with E-state index < -0.39 is 6.17 Å². The van der Waals surface area contributed by atoms with Gasteiger partial charge in [0.2, 0.25) is 11.7 Å². The van der Waals surface area contributed by atoms with Crippen molar-refractivity contribution in [2.24, 2.45) is 0 Å². The normalized spacial score (nSPS) is 15.7. The number of carbonyl (C=O) groups is 1. The Balaban J connectivity index is 1.57. The van der Waals surface area contributed by atoms with Gasteiger partial charge in [0.25, 0.3) is 0 Å². The first-order chi connectivity index (χ1) is 11.1. The number of benzene rings is 1. The Hall–Kier alpha value is -2.15. The molecule has 8 heteroatoms. The van der Waals surface area contributed by atoms with Crippen LogP contribution < -0.4 is 5.32 Å². The highest BCUT2D eigenvalue weighted by atomic mass is 35.5. The van der Waals surface area contributed by atoms with Crippen molar-refractivity contribution in [1.82, 2.24) is 20.4 Å². The van der Waals surface area contributed by atoms with E-state index in [4.69, 9.17) is 16.1 Å². The fourth-order valence-electron chi connectivity index (χ4n) is 2.39. The van der Waals surface area contributed by atoms with Crippen LogP contribution in [0, 0.1) is 0 Å². The molecule has 23 heavy (non-hydrogen) atoms. The van der Waals surface area contributed by atoms with E-state index >= 15 is 0 Å². The van der Waals surface area contributed by atoms with Crippen molar-refractivity contribution in [2.45, 2.75) is 25.6 Å². The number of hydrogen-bond acceptors (Lipinski definition) is 4. The molecule has 0 atom stereocenters. The van der Waals surface area contributed by atoms with Crippen molar-refractivity contribution < 1.29 is 13.7 Å². The van der Waals surface area contributed by atoms with Gasteiger partial charge in [-0.3, -0.25) is 0 Å². The highest BCUT2D eigenvalue weighted by molar-refractivity contribution is 6.33. The number of alkyl halides is 1. The van der Waals surface area contributed by atoms with Gasteiger partial charge in [-0.05, 0) is 25.0 Å². The van der Waals surface area contributed by atoms with Crippen molar-refractivity contribution in [3.63, 3.8) is 0 Å². The molecule has 1 fully saturated rings. The van der Waals surface area contributed by atoms with Gasteiger partial charge in [0.15, 0.2) is 0 Å². The molecule has 0 radical (unpaired) electrons. The number of rotatable bonds is 3. The average Bonchev–Trinajstić information content (AvgIpc) is 3.02. The van der Waals surface area contributed by atoms with Gasteiger partial charge in [-0.25, -0.2) is 9.18 Å². The molecule has 122 valence electrons. The van der Waals surface area contributed by atoms with Crippen LogP contribution in [0.1, 0.15) is 18.7 Å². The van der Waals surface area contributed by atoms with E-state index in [0.29, 0.717) is 42.3 Å². The Morgan fingerprint density at radius 1 is 1.39 bits per heavy atom. The number of hydrogen-bond donors (Lipinski definition) is 1. The highest BCUT2D eigenvalue weighted by Crippen LogP contribution is 2.24. The summed E-state index contributed by atoms with van der Waals surface area (Å²) in [6.07, 6.45) is -0.0527. The van der Waals surface area contributed by atoms with Gasteiger partial charge in [-0.1, -0.05) is 28.9 Å². The monoisotopic (exact) mass is 338 g/mol. The quantitative estimate of drug-likeness (QED) is 0.933. The van der Waals surface area contributed by atoms with Gasteiger partial charge in [0, 0.05) is 18.7 Å². The van der Waals surface area contributed by atoms with E-state index in [1.165, 1.54) is 0 Å². The SMILES string of the molecule is O=C(NCc1nc(-c2ccccc2Cl)no1)N1CCC(F)CC1. The van der Waals surface area contributed by atoms with Crippen LogP contribution in [0.25, 0.3) is 11.4 Å². The first-order valence-electron chi connectivity index (χ1n) is 7.38. The molecule has 0 bridgehead atoms. The molecule has 1 saturated heterocycles. The summed E-state index contributed by atoms with van der Waals surface area (Å²) in [6.45, 7) is 0.954. The lowest BCUT2D eigenvalue weighted by Crippen LogP contribution is -2.44. The number of carbonyl (C=O) groups excluding carboxylic acids is 1. The van der Waals surface area contributed by atoms with Gasteiger partial charge in [-0.2, -0.15) is 4.98 Å². The molecule has 0 aliphatic carbocycles. The summed E-state index contributed by atoms with van der Waals surface area (Å²) in [7, 11) is 0. The first kappa shape index (κ1) is 15.7. The molecule has 2 heterocycles. The first-order valence-corrected chi connectivity index (χ1v) is 7.75. The van der Waals surface area contributed by atoms with Crippen molar-refractivity contribution in [2.75, 3.05) is 13.1 Å². The maximum absolute atomic E-state index is 13.1. The zero-order valence-electron chi connectivity index (χ0n) is 12.3. The molecule has 1 N–H and O–H groups in total. The number of nitrogens with one attached hydrogen (secondary N) is 1. The van der Waals surface area contributed by atoms with E-state index in [1.54, 1.807) is 17.0 Å². The van der Waals surface area contributed by atoms with Crippen LogP contribution >= 0.6 is 11.6 Å². The number of piperidine rings is 1. The van der Waals surface area contributed by atoms with Crippen LogP contribution in [0.2, 0.25) is 5.02 Å². The second-order valence-electron chi connectivity index (χ2n) is 5.31. The lowest BCUT2D eigenvalue weighted by Gasteiger charge is -2.28. The van der Waals surface area contributed by atoms with Gasteiger partial charge in [0.05, 0.1) is 11.6 Å². The summed E-state index contributed by atoms with van der Waals surface area (Å²) < 4.78 is 18.2. The zero-order valence-corrected chi connectivity index (χ0v) is 13.1. The summed E-state index contributed by atoms with van der Waals surface area (Å²) in [5, 5.41) is 7.09. The van der Waals surface area contributed by atoms with E-state index in [2.05, 4.69) is 15.5 Å². The second kappa shape index (κ2) is 6.95. The Labute approximate surface area is 137 Å². The smallest absolute Gasteiger partial charge is 0.317 e. The molecular weight excluding hydrogens is 323 g/mol. The number of likely N-dealkylation sites (tertiary alicyclic amines) is 1. The maximum Gasteiger partial charge on any atom is 0.317 e. The highest BCUT2D eigenvalue weighted by Gasteiger charge is 2.22. The standard InChI is InChI=1S/C15H16ClFN4O2/c16-12-4-2-1-3-11(12)14-19-13(23-20-14)9-18-15(22)21-7-5-10(17)6-8-21/h1-4,10H,5-9H2,(H,18,22). The van der Waals surface area contributed by atoms with E-state index in [1.807, 2.05) is 12.1 Å². The third-order valence-electron chi connectivity index (χ3n) is 3.69. The number of urea groups is 1. The zero-order chi connectivity index (χ0) is 16.2. The molecule has 3 rings (SSSR count). The molecule has 0 spiro atoms. The fourth-order valence-corrected chi connectivity index (χ4v) is 2.61. The second-order valence-corrected chi connectivity index (χ2v) is 5.72. The summed E-state index contributed by atoms with van der Waals surface area (Å²) in [5.41, 5.74) is 0.667. The maximum atomic E-state index is 13.1. The average molecular weight is 339 g/mol. The molecular formula is C15H16ClFN4O2. The summed E-state index contributed by atoms with van der Waals surface area (Å²) in [6, 6.07) is 6.91. The summed E-state index contributed by atoms with van der Waals surface area (Å²) in [5.74, 6) is 0.659. The van der Waals surface area contributed by atoms with Crippen molar-refractivity contribution in [3.8, 4) is 11.4 Å². The Kier molecular flexibility index (Phi) is 4.76. The minimum atomic E-state index is -0.812. The number of nitrogens with zero attached hydrogens (tertiary/aromatic N) is 3. The van der Waals surface area contributed by atoms with Crippen molar-refractivity contribution in [3.05, 3.63) is 35.2 Å². The number of halogens is 2. The molecule has 1 aromatic heterocycles. The molecule has 1 aliphatic heterocycles. The molecule has 2 aromatic rings. The van der Waals surface area contributed by atoms with Gasteiger partial charge in [0.1, 0.15) is 6.17 Å². The van der Waals surface area contributed by atoms with Gasteiger partial charge >= 0.3 is 6.03 Å². The molecule has 2 amide bonds. The van der Waals surface area contributed by atoms with Gasteiger partial charge < -0.3 is 14.7 Å². The minimum absolute atomic E-state index is 0.117. The summed E-state index contributed by atoms with van der Waals surface area (Å²) in [4.78, 5) is 17.8. The van der Waals surface area contributed by atoms with Crippen molar-refractivity contribution >= 4 is 17.6 Å². The predicted octanol–water partition coefficient (Wildman–Crippen LogP) is 3.03. The molecule has 0 unspecified atom stereocenters. The minimum Gasteiger partial charge on any atom is -0.337 e. The number of aromatic nitrogens is 2. The summed E-state index contributed by atoms with van der Waals surface area (Å²) >= 11 is 6.08. The topological polar surface area (TPSA) is 71.3 Å². The van der Waals surface area contributed by atoms with E-state index in [0.717, 1.165) is 0 Å². The molecule has 1 aliphatic rings. The largest absolute Gasteiger partial charge is 0.337 e. The lowest BCUT2D eigenvalue weighted by molar-refractivity contribution is 0.151. The van der Waals surface area contributed by atoms with Crippen LogP contribution in [-0.2, 0) is 6.54 Å². The van der Waals surface area contributed by atoms with E-state index in [-0.39, 0.29) is 18.5 Å². The van der Waals surface area contributed by atoms with Gasteiger partial charge in [-0.15, -0.1) is 0 Å². The fraction of sp³-hybridized carbons (Fsp3) is 0.400. The Morgan fingerprint density at radius 2 is 2.13 bits per heavy atom. The van der Waals surface area contributed by atoms with Crippen LogP contribution in [0.3, 0.4) is 0 Å². The molecule has 0 saturated carbocycles. The lowest BCUT2D eigenvalue weighted by atomic mass is 10.1. The van der Waals surface area contributed by atoms with Crippen LogP contribution in [0.15, 0.2) is 28.8 Å². The Bertz CT molecular complexity index is 686. The molecule has 1 aromatic carbocycles. The van der Waals surface area contributed by atoms with Crippen LogP contribution in [-0.4, -0.2) is 40.3 Å². The van der Waals surface area contributed by atoms with Crippen LogP contribution in [0.4, 0.5) is 9.18 Å². The predicted molar refractivity (Wildman–Crippen MR) is 82.7 cm³/mol. The molecule has 6 nitrogen and oxygen atoms in total. The third kappa shape index (κ3) is 3.79. The van der Waals surface area contributed by atoms with Crippen LogP contribution in [0.5, 0.6) is 0 Å². The van der Waals surface area contributed by atoms with Crippen molar-refractivity contribution in [1.29, 1.82) is 0 Å². The Morgan fingerprint density at radius 3 is 2.87 bits per heavy atom. The van der Waals surface area contributed by atoms with E-state index in [9.17, 15) is 9.18 Å². The third-order valence-corrected chi connectivity index (χ3v) is 4.01. The number of amides is 2.